The highest BCUT2D eigenvalue weighted by molar-refractivity contribution is 7.82. The molecule has 2 unspecified atom stereocenters. The van der Waals surface area contributed by atoms with E-state index in [1.807, 2.05) is 17.4 Å². The third-order valence-electron chi connectivity index (χ3n) is 7.05. The minimum absolute atomic E-state index is 0.00696. The summed E-state index contributed by atoms with van der Waals surface area (Å²) in [4.78, 5) is 26.3. The molecule has 2 aliphatic carbocycles. The van der Waals surface area contributed by atoms with Crippen LogP contribution in [-0.2, 0) is 20.5 Å². The lowest BCUT2D eigenvalue weighted by atomic mass is 9.89. The molecule has 1 aromatic rings. The van der Waals surface area contributed by atoms with Gasteiger partial charge in [-0.05, 0) is 44.2 Å². The highest BCUT2D eigenvalue weighted by Gasteiger charge is 2.58. The number of aldehydes is 1. The SMILES string of the molecule is CN(/C=C\c1c(C=O)cccc1S(=O)N1CCC(N)C12CC2)COC(=O)C1CCCCC1. The molecule has 0 aromatic heterocycles. The average Bonchev–Trinajstić information content (AvgIpc) is 3.56. The van der Waals surface area contributed by atoms with E-state index in [9.17, 15) is 13.8 Å². The van der Waals surface area contributed by atoms with E-state index >= 15 is 0 Å². The third-order valence-corrected chi connectivity index (χ3v) is 8.73. The second kappa shape index (κ2) is 9.85. The Kier molecular flexibility index (Phi) is 7.12. The summed E-state index contributed by atoms with van der Waals surface area (Å²) in [5.74, 6) is -0.132. The van der Waals surface area contributed by atoms with E-state index in [1.54, 1.807) is 29.3 Å². The Balaban J connectivity index is 1.45. The van der Waals surface area contributed by atoms with Crippen LogP contribution in [0.1, 0.15) is 67.3 Å². The van der Waals surface area contributed by atoms with Crippen LogP contribution in [0.5, 0.6) is 0 Å². The van der Waals surface area contributed by atoms with Crippen molar-refractivity contribution in [2.24, 2.45) is 11.7 Å². The molecule has 1 heterocycles. The van der Waals surface area contributed by atoms with Crippen molar-refractivity contribution in [1.29, 1.82) is 0 Å². The molecule has 0 radical (unpaired) electrons. The molecule has 0 amide bonds. The van der Waals surface area contributed by atoms with Gasteiger partial charge in [-0.1, -0.05) is 31.4 Å². The predicted molar refractivity (Wildman–Crippen MR) is 124 cm³/mol. The van der Waals surface area contributed by atoms with Gasteiger partial charge in [0, 0.05) is 42.5 Å². The molecule has 1 aliphatic heterocycles. The first-order valence-corrected chi connectivity index (χ1v) is 12.7. The molecule has 32 heavy (non-hydrogen) atoms. The number of rotatable bonds is 8. The number of ether oxygens (including phenoxy) is 1. The van der Waals surface area contributed by atoms with Crippen molar-refractivity contribution in [2.45, 2.75) is 67.8 Å². The van der Waals surface area contributed by atoms with E-state index in [4.69, 9.17) is 10.5 Å². The number of benzene rings is 1. The van der Waals surface area contributed by atoms with Crippen molar-refractivity contribution >= 4 is 29.3 Å². The fourth-order valence-corrected chi connectivity index (χ4v) is 6.63. The van der Waals surface area contributed by atoms with Crippen LogP contribution in [0.15, 0.2) is 29.3 Å². The number of hydrogen-bond acceptors (Lipinski definition) is 6. The fraction of sp³-hybridized carbons (Fsp3) is 0.583. The van der Waals surface area contributed by atoms with Crippen molar-refractivity contribution in [1.82, 2.24) is 9.21 Å². The Morgan fingerprint density at radius 3 is 2.72 bits per heavy atom. The van der Waals surface area contributed by atoms with Crippen LogP contribution in [0, 0.1) is 5.92 Å². The molecular formula is C24H33N3O4S. The Labute approximate surface area is 192 Å². The Bertz CT molecular complexity index is 909. The van der Waals surface area contributed by atoms with E-state index in [-0.39, 0.29) is 30.2 Å². The molecule has 2 N–H and O–H groups in total. The Morgan fingerprint density at radius 2 is 2.03 bits per heavy atom. The highest BCUT2D eigenvalue weighted by atomic mass is 32.2. The van der Waals surface area contributed by atoms with Crippen molar-refractivity contribution < 1.29 is 18.5 Å². The number of nitrogens with two attached hydrogens (primary N) is 1. The maximum atomic E-state index is 13.5. The molecule has 2 atom stereocenters. The maximum absolute atomic E-state index is 13.5. The molecule has 3 aliphatic rings. The van der Waals surface area contributed by atoms with E-state index in [0.717, 1.165) is 51.2 Å². The monoisotopic (exact) mass is 459 g/mol. The van der Waals surface area contributed by atoms with Crippen molar-refractivity contribution in [2.75, 3.05) is 20.3 Å². The Morgan fingerprint density at radius 1 is 1.28 bits per heavy atom. The minimum Gasteiger partial charge on any atom is -0.444 e. The van der Waals surface area contributed by atoms with Gasteiger partial charge in [-0.25, -0.2) is 8.51 Å². The summed E-state index contributed by atoms with van der Waals surface area (Å²) in [6.45, 7) is 0.830. The lowest BCUT2D eigenvalue weighted by Crippen LogP contribution is -2.42. The maximum Gasteiger partial charge on any atom is 0.310 e. The first-order chi connectivity index (χ1) is 15.5. The lowest BCUT2D eigenvalue weighted by molar-refractivity contribution is -0.152. The van der Waals surface area contributed by atoms with Crippen molar-refractivity contribution in [3.05, 3.63) is 35.5 Å². The van der Waals surface area contributed by atoms with Crippen LogP contribution in [0.3, 0.4) is 0 Å². The molecule has 1 saturated heterocycles. The number of carbonyl (C=O) groups excluding carboxylic acids is 2. The largest absolute Gasteiger partial charge is 0.444 e. The number of carbonyl (C=O) groups is 2. The van der Waals surface area contributed by atoms with Gasteiger partial charge < -0.3 is 15.4 Å². The molecule has 8 heteroatoms. The zero-order chi connectivity index (χ0) is 22.7. The summed E-state index contributed by atoms with van der Waals surface area (Å²) in [6.07, 6.45) is 12.3. The summed E-state index contributed by atoms with van der Waals surface area (Å²) in [6, 6.07) is 5.34. The second-order valence-corrected chi connectivity index (χ2v) is 10.6. The molecule has 174 valence electrons. The zero-order valence-corrected chi connectivity index (χ0v) is 19.5. The zero-order valence-electron chi connectivity index (χ0n) is 18.7. The summed E-state index contributed by atoms with van der Waals surface area (Å²) < 4.78 is 21.0. The molecule has 2 saturated carbocycles. The predicted octanol–water partition coefficient (Wildman–Crippen LogP) is 3.07. The second-order valence-electron chi connectivity index (χ2n) is 9.23. The molecular weight excluding hydrogens is 426 g/mol. The van der Waals surface area contributed by atoms with Gasteiger partial charge in [0.05, 0.1) is 10.8 Å². The summed E-state index contributed by atoms with van der Waals surface area (Å²) in [5, 5.41) is 0. The molecule has 1 spiro atoms. The van der Waals surface area contributed by atoms with E-state index in [2.05, 4.69) is 0 Å². The van der Waals surface area contributed by atoms with Gasteiger partial charge in [0.25, 0.3) is 0 Å². The molecule has 7 nitrogen and oxygen atoms in total. The molecule has 4 rings (SSSR count). The first kappa shape index (κ1) is 23.1. The van der Waals surface area contributed by atoms with Crippen LogP contribution in [0.2, 0.25) is 0 Å². The smallest absolute Gasteiger partial charge is 0.310 e. The summed E-state index contributed by atoms with van der Waals surface area (Å²) in [5.41, 5.74) is 7.24. The van der Waals surface area contributed by atoms with Crippen LogP contribution in [0.25, 0.3) is 6.08 Å². The van der Waals surface area contributed by atoms with Crippen LogP contribution in [-0.4, -0.2) is 57.6 Å². The number of esters is 1. The van der Waals surface area contributed by atoms with Crippen LogP contribution < -0.4 is 5.73 Å². The normalized spacial score (nSPS) is 24.0. The third kappa shape index (κ3) is 4.67. The lowest BCUT2D eigenvalue weighted by Gasteiger charge is -2.26. The van der Waals surface area contributed by atoms with Gasteiger partial charge in [0.15, 0.2) is 13.0 Å². The molecule has 3 fully saturated rings. The minimum atomic E-state index is -1.40. The summed E-state index contributed by atoms with van der Waals surface area (Å²) in [7, 11) is 0.409. The highest BCUT2D eigenvalue weighted by Crippen LogP contribution is 2.50. The summed E-state index contributed by atoms with van der Waals surface area (Å²) >= 11 is 0. The van der Waals surface area contributed by atoms with Crippen LogP contribution in [0.4, 0.5) is 0 Å². The van der Waals surface area contributed by atoms with Gasteiger partial charge in [-0.15, -0.1) is 0 Å². The standard InChI is InChI=1S/C24H33N3O4S/c1-26(17-31-23(29)18-6-3-2-4-7-18)14-10-20-19(16-28)8-5-9-21(20)32(30)27-15-11-22(25)24(27)12-13-24/h5,8-10,14,16,18,22H,2-4,6-7,11-13,15,17,25H2,1H3/b14-10-. The van der Waals surface area contributed by atoms with Gasteiger partial charge in [0.1, 0.15) is 11.0 Å². The fourth-order valence-electron chi connectivity index (χ4n) is 4.91. The Hall–Kier alpha value is -2.03. The van der Waals surface area contributed by atoms with Gasteiger partial charge in [-0.3, -0.25) is 9.59 Å². The topological polar surface area (TPSA) is 92.9 Å². The molecule has 0 bridgehead atoms. The van der Waals surface area contributed by atoms with Crippen molar-refractivity contribution in [3.8, 4) is 0 Å². The van der Waals surface area contributed by atoms with E-state index < -0.39 is 11.0 Å². The van der Waals surface area contributed by atoms with E-state index in [0.29, 0.717) is 22.6 Å². The number of nitrogens with zero attached hydrogens (tertiary/aromatic N) is 2. The van der Waals surface area contributed by atoms with Gasteiger partial charge >= 0.3 is 5.97 Å². The quantitative estimate of drug-likeness (QED) is 0.365. The van der Waals surface area contributed by atoms with Gasteiger partial charge in [0.2, 0.25) is 0 Å². The van der Waals surface area contributed by atoms with Crippen LogP contribution >= 0.6 is 0 Å². The first-order valence-electron chi connectivity index (χ1n) is 11.5. The van der Waals surface area contributed by atoms with Gasteiger partial charge in [-0.2, -0.15) is 0 Å². The van der Waals surface area contributed by atoms with E-state index in [1.165, 1.54) is 6.42 Å². The number of hydrogen-bond donors (Lipinski definition) is 1. The van der Waals surface area contributed by atoms with Crippen molar-refractivity contribution in [3.63, 3.8) is 0 Å². The molecule has 1 aromatic carbocycles. The average molecular weight is 460 g/mol.